The summed E-state index contributed by atoms with van der Waals surface area (Å²) in [5.41, 5.74) is 1.83. The molecule has 1 aliphatic rings. The van der Waals surface area contributed by atoms with Crippen molar-refractivity contribution in [3.8, 4) is 0 Å². The average Bonchev–Trinajstić information content (AvgIpc) is 3.22. The molecule has 1 aromatic heterocycles. The number of aromatic nitrogens is 1. The number of nitrogens with zero attached hydrogens (tertiary/aromatic N) is 3. The summed E-state index contributed by atoms with van der Waals surface area (Å²) in [7, 11) is 3.98. The van der Waals surface area contributed by atoms with Gasteiger partial charge in [-0.25, -0.2) is 4.98 Å². The highest BCUT2D eigenvalue weighted by atomic mass is 32.1. The topological polar surface area (TPSA) is 36.4 Å². The van der Waals surface area contributed by atoms with Crippen LogP contribution in [0.3, 0.4) is 0 Å². The largest absolute Gasteiger partial charge is 0.378 e. The predicted octanol–water partition coefficient (Wildman–Crippen LogP) is 3.06. The van der Waals surface area contributed by atoms with Gasteiger partial charge in [-0.05, 0) is 31.0 Å². The number of carbonyl (C=O) groups excluding carboxylic acids is 1. The van der Waals surface area contributed by atoms with Crippen LogP contribution in [0.15, 0.2) is 35.8 Å². The number of amides is 1. The van der Waals surface area contributed by atoms with Crippen LogP contribution < -0.4 is 4.90 Å². The van der Waals surface area contributed by atoms with E-state index in [0.717, 1.165) is 42.1 Å². The van der Waals surface area contributed by atoms with Crippen LogP contribution >= 0.6 is 11.3 Å². The van der Waals surface area contributed by atoms with Crippen molar-refractivity contribution in [3.05, 3.63) is 46.4 Å². The Morgan fingerprint density at radius 3 is 2.82 bits per heavy atom. The summed E-state index contributed by atoms with van der Waals surface area (Å²) in [5, 5.41) is 3.08. The van der Waals surface area contributed by atoms with Crippen LogP contribution in [-0.2, 0) is 6.42 Å². The molecule has 1 saturated carbocycles. The van der Waals surface area contributed by atoms with Crippen LogP contribution in [0.5, 0.6) is 0 Å². The van der Waals surface area contributed by atoms with E-state index in [1.807, 2.05) is 59.7 Å². The van der Waals surface area contributed by atoms with Crippen molar-refractivity contribution in [2.75, 3.05) is 25.5 Å². The molecule has 0 spiro atoms. The molecule has 0 atom stereocenters. The first-order valence-electron chi connectivity index (χ1n) is 7.62. The Bertz CT molecular complexity index is 635. The highest BCUT2D eigenvalue weighted by Crippen LogP contribution is 2.29. The first kappa shape index (κ1) is 15.0. The molecule has 0 N–H and O–H groups in total. The molecule has 4 nitrogen and oxygen atoms in total. The molecule has 1 heterocycles. The number of benzene rings is 1. The minimum atomic E-state index is 0.141. The van der Waals surface area contributed by atoms with Gasteiger partial charge in [-0.2, -0.15) is 0 Å². The molecule has 0 aliphatic heterocycles. The summed E-state index contributed by atoms with van der Waals surface area (Å²) in [4.78, 5) is 21.2. The molecule has 5 heteroatoms. The molecule has 0 unspecified atom stereocenters. The number of anilines is 1. The fourth-order valence-corrected chi connectivity index (χ4v) is 3.12. The van der Waals surface area contributed by atoms with Crippen molar-refractivity contribution in [2.24, 2.45) is 0 Å². The van der Waals surface area contributed by atoms with E-state index in [2.05, 4.69) is 4.98 Å². The summed E-state index contributed by atoms with van der Waals surface area (Å²) >= 11 is 1.66. The molecule has 1 aliphatic carbocycles. The van der Waals surface area contributed by atoms with E-state index in [9.17, 15) is 4.79 Å². The van der Waals surface area contributed by atoms with Crippen LogP contribution in [0.2, 0.25) is 0 Å². The predicted molar refractivity (Wildman–Crippen MR) is 90.6 cm³/mol. The highest BCUT2D eigenvalue weighted by Gasteiger charge is 2.32. The lowest BCUT2D eigenvalue weighted by molar-refractivity contribution is 0.0745. The van der Waals surface area contributed by atoms with E-state index in [4.69, 9.17) is 0 Å². The third-order valence-corrected chi connectivity index (χ3v) is 4.75. The van der Waals surface area contributed by atoms with E-state index < -0.39 is 0 Å². The number of thiazole rings is 1. The zero-order valence-electron chi connectivity index (χ0n) is 13.0. The Labute approximate surface area is 135 Å². The Balaban J connectivity index is 1.73. The smallest absolute Gasteiger partial charge is 0.254 e. The van der Waals surface area contributed by atoms with Gasteiger partial charge in [0.25, 0.3) is 5.91 Å². The fraction of sp³-hybridized carbons (Fsp3) is 0.412. The van der Waals surface area contributed by atoms with Gasteiger partial charge in [0.05, 0.1) is 5.01 Å². The molecule has 0 bridgehead atoms. The number of hydrogen-bond acceptors (Lipinski definition) is 4. The second-order valence-corrected chi connectivity index (χ2v) is 6.83. The third-order valence-electron chi connectivity index (χ3n) is 3.91. The minimum absolute atomic E-state index is 0.141. The second kappa shape index (κ2) is 6.48. The maximum atomic E-state index is 12.9. The Hall–Kier alpha value is -1.88. The van der Waals surface area contributed by atoms with Crippen LogP contribution in [-0.4, -0.2) is 42.5 Å². The van der Waals surface area contributed by atoms with E-state index >= 15 is 0 Å². The summed E-state index contributed by atoms with van der Waals surface area (Å²) in [6.45, 7) is 0.753. The fourth-order valence-electron chi connectivity index (χ4n) is 2.51. The van der Waals surface area contributed by atoms with Gasteiger partial charge in [0.1, 0.15) is 0 Å². The summed E-state index contributed by atoms with van der Waals surface area (Å²) in [6, 6.07) is 8.27. The van der Waals surface area contributed by atoms with Gasteiger partial charge < -0.3 is 9.80 Å². The molecule has 0 radical (unpaired) electrons. The van der Waals surface area contributed by atoms with Crippen molar-refractivity contribution >= 4 is 22.9 Å². The van der Waals surface area contributed by atoms with Gasteiger partial charge in [0.2, 0.25) is 0 Å². The van der Waals surface area contributed by atoms with Crippen molar-refractivity contribution in [3.63, 3.8) is 0 Å². The van der Waals surface area contributed by atoms with Gasteiger partial charge in [0.15, 0.2) is 0 Å². The van der Waals surface area contributed by atoms with Crippen LogP contribution in [0, 0.1) is 0 Å². The number of carbonyl (C=O) groups is 1. The van der Waals surface area contributed by atoms with Crippen molar-refractivity contribution in [1.29, 1.82) is 0 Å². The maximum Gasteiger partial charge on any atom is 0.254 e. The first-order chi connectivity index (χ1) is 10.6. The number of rotatable bonds is 6. The Kier molecular flexibility index (Phi) is 4.43. The van der Waals surface area contributed by atoms with Crippen LogP contribution in [0.1, 0.15) is 28.2 Å². The van der Waals surface area contributed by atoms with E-state index in [0.29, 0.717) is 6.04 Å². The molecule has 2 aromatic rings. The van der Waals surface area contributed by atoms with Gasteiger partial charge >= 0.3 is 0 Å². The molecule has 22 heavy (non-hydrogen) atoms. The van der Waals surface area contributed by atoms with E-state index in [1.54, 1.807) is 11.3 Å². The minimum Gasteiger partial charge on any atom is -0.378 e. The lowest BCUT2D eigenvalue weighted by Gasteiger charge is -2.23. The van der Waals surface area contributed by atoms with E-state index in [-0.39, 0.29) is 5.91 Å². The molecular formula is C17H21N3OS. The van der Waals surface area contributed by atoms with Gasteiger partial charge in [0, 0.05) is 55.9 Å². The third kappa shape index (κ3) is 3.47. The van der Waals surface area contributed by atoms with Gasteiger partial charge in [-0.3, -0.25) is 4.79 Å². The SMILES string of the molecule is CN(C)c1cccc(C(=O)N(CCc2nccs2)C2CC2)c1. The summed E-state index contributed by atoms with van der Waals surface area (Å²) in [5.74, 6) is 0.141. The normalized spacial score (nSPS) is 13.9. The standard InChI is InChI=1S/C17H21N3OS/c1-19(2)15-5-3-4-13(12-15)17(21)20(14-6-7-14)10-8-16-18-9-11-22-16/h3-5,9,11-12,14H,6-8,10H2,1-2H3. The Morgan fingerprint density at radius 1 is 1.36 bits per heavy atom. The summed E-state index contributed by atoms with van der Waals surface area (Å²) in [6.07, 6.45) is 4.91. The monoisotopic (exact) mass is 315 g/mol. The first-order valence-corrected chi connectivity index (χ1v) is 8.50. The van der Waals surface area contributed by atoms with Gasteiger partial charge in [-0.1, -0.05) is 6.07 Å². The lowest BCUT2D eigenvalue weighted by atomic mass is 10.1. The maximum absolute atomic E-state index is 12.9. The molecule has 0 saturated heterocycles. The van der Waals surface area contributed by atoms with Crippen LogP contribution in [0.4, 0.5) is 5.69 Å². The molecule has 1 amide bonds. The van der Waals surface area contributed by atoms with Gasteiger partial charge in [-0.15, -0.1) is 11.3 Å². The quantitative estimate of drug-likeness (QED) is 0.822. The molecule has 1 aromatic carbocycles. The van der Waals surface area contributed by atoms with Crippen molar-refractivity contribution in [1.82, 2.24) is 9.88 Å². The number of hydrogen-bond donors (Lipinski definition) is 0. The highest BCUT2D eigenvalue weighted by molar-refractivity contribution is 7.09. The lowest BCUT2D eigenvalue weighted by Crippen LogP contribution is -2.35. The zero-order valence-corrected chi connectivity index (χ0v) is 13.8. The molecule has 1 fully saturated rings. The Morgan fingerprint density at radius 2 is 2.18 bits per heavy atom. The van der Waals surface area contributed by atoms with E-state index in [1.165, 1.54) is 0 Å². The zero-order chi connectivity index (χ0) is 15.5. The average molecular weight is 315 g/mol. The molecule has 116 valence electrons. The summed E-state index contributed by atoms with van der Waals surface area (Å²) < 4.78 is 0. The van der Waals surface area contributed by atoms with Crippen molar-refractivity contribution < 1.29 is 4.79 Å². The molecule has 3 rings (SSSR count). The molecular weight excluding hydrogens is 294 g/mol. The van der Waals surface area contributed by atoms with Crippen LogP contribution in [0.25, 0.3) is 0 Å². The second-order valence-electron chi connectivity index (χ2n) is 5.85. The van der Waals surface area contributed by atoms with Crippen molar-refractivity contribution in [2.45, 2.75) is 25.3 Å².